The normalized spacial score (nSPS) is 26.6. The Hall–Kier alpha value is -2.38. The summed E-state index contributed by atoms with van der Waals surface area (Å²) in [5.74, 6) is 1.01. The summed E-state index contributed by atoms with van der Waals surface area (Å²) in [5.41, 5.74) is 1.04. The molecule has 2 aliphatic carbocycles. The minimum absolute atomic E-state index is 0.0196. The van der Waals surface area contributed by atoms with E-state index in [1.807, 2.05) is 24.3 Å². The predicted molar refractivity (Wildman–Crippen MR) is 120 cm³/mol. The van der Waals surface area contributed by atoms with Gasteiger partial charge in [-0.1, -0.05) is 35.9 Å². The van der Waals surface area contributed by atoms with Crippen LogP contribution in [0.3, 0.4) is 0 Å². The number of hydrogen-bond acceptors (Lipinski definition) is 4. The molecular weight excluding hydrogens is 416 g/mol. The van der Waals surface area contributed by atoms with Crippen molar-refractivity contribution < 1.29 is 14.3 Å². The van der Waals surface area contributed by atoms with Crippen LogP contribution in [0.25, 0.3) is 0 Å². The summed E-state index contributed by atoms with van der Waals surface area (Å²) in [5, 5.41) is 7.12. The zero-order chi connectivity index (χ0) is 21.8. The van der Waals surface area contributed by atoms with Crippen LogP contribution in [0.4, 0.5) is 0 Å². The van der Waals surface area contributed by atoms with Gasteiger partial charge in [0.2, 0.25) is 11.8 Å². The summed E-state index contributed by atoms with van der Waals surface area (Å²) in [6, 6.07) is 7.61. The molecule has 1 saturated carbocycles. The molecule has 166 valence electrons. The highest BCUT2D eigenvalue weighted by Gasteiger charge is 2.58. The molecule has 1 saturated heterocycles. The zero-order valence-corrected chi connectivity index (χ0v) is 18.5. The highest BCUT2D eigenvalue weighted by atomic mass is 35.5. The first-order valence-corrected chi connectivity index (χ1v) is 11.3. The van der Waals surface area contributed by atoms with E-state index >= 15 is 0 Å². The van der Waals surface area contributed by atoms with Crippen molar-refractivity contribution in [1.82, 2.24) is 15.5 Å². The fourth-order valence-corrected chi connectivity index (χ4v) is 5.12. The molecule has 0 spiro atoms. The van der Waals surface area contributed by atoms with Crippen molar-refractivity contribution in [1.29, 1.82) is 0 Å². The molecule has 8 heteroatoms. The van der Waals surface area contributed by atoms with Crippen LogP contribution >= 0.6 is 11.6 Å². The second-order valence-electron chi connectivity index (χ2n) is 8.29. The number of likely N-dealkylation sites (tertiary alicyclic amines) is 1. The van der Waals surface area contributed by atoms with E-state index in [9.17, 15) is 9.59 Å². The van der Waals surface area contributed by atoms with Gasteiger partial charge in [-0.2, -0.15) is 0 Å². The van der Waals surface area contributed by atoms with Gasteiger partial charge in [0.15, 0.2) is 5.96 Å². The number of nitrogens with one attached hydrogen (secondary N) is 2. The summed E-state index contributed by atoms with van der Waals surface area (Å²) in [7, 11) is 1.71. The molecule has 2 fully saturated rings. The van der Waals surface area contributed by atoms with E-state index in [2.05, 4.69) is 27.8 Å². The number of fused-ring (bicyclic) bond motifs is 5. The number of imide groups is 1. The van der Waals surface area contributed by atoms with Crippen molar-refractivity contribution in [3.05, 3.63) is 47.0 Å². The van der Waals surface area contributed by atoms with Crippen molar-refractivity contribution in [2.45, 2.75) is 19.4 Å². The van der Waals surface area contributed by atoms with Crippen molar-refractivity contribution in [3.8, 4) is 0 Å². The van der Waals surface area contributed by atoms with Crippen LogP contribution in [-0.4, -0.2) is 56.0 Å². The van der Waals surface area contributed by atoms with Crippen molar-refractivity contribution in [2.24, 2.45) is 28.7 Å². The SMILES string of the molecule is CN=C(NCCCN1C(=O)C2C3C=CC(C3)C2C1=O)NCCOCc1cccc(Cl)c1. The van der Waals surface area contributed by atoms with Gasteiger partial charge in [-0.15, -0.1) is 0 Å². The van der Waals surface area contributed by atoms with Gasteiger partial charge >= 0.3 is 0 Å². The van der Waals surface area contributed by atoms with Crippen LogP contribution in [0.1, 0.15) is 18.4 Å². The Kier molecular flexibility index (Phi) is 6.92. The molecule has 1 aliphatic heterocycles. The van der Waals surface area contributed by atoms with Gasteiger partial charge in [0.1, 0.15) is 0 Å². The monoisotopic (exact) mass is 444 g/mol. The van der Waals surface area contributed by atoms with Crippen molar-refractivity contribution in [2.75, 3.05) is 33.3 Å². The summed E-state index contributed by atoms with van der Waals surface area (Å²) in [4.78, 5) is 31.0. The molecule has 1 aromatic rings. The quantitative estimate of drug-likeness (QED) is 0.201. The second-order valence-corrected chi connectivity index (χ2v) is 8.73. The Labute approximate surface area is 187 Å². The van der Waals surface area contributed by atoms with Crippen LogP contribution in [0.5, 0.6) is 0 Å². The molecule has 2 N–H and O–H groups in total. The molecule has 0 radical (unpaired) electrons. The lowest BCUT2D eigenvalue weighted by molar-refractivity contribution is -0.140. The average molecular weight is 445 g/mol. The number of ether oxygens (including phenoxy) is 1. The number of allylic oxidation sites excluding steroid dienone is 2. The average Bonchev–Trinajstić information content (AvgIpc) is 3.44. The molecule has 1 aromatic carbocycles. The lowest BCUT2D eigenvalue weighted by Gasteiger charge is -2.18. The molecule has 2 bridgehead atoms. The number of benzene rings is 1. The Balaban J connectivity index is 1.11. The first-order chi connectivity index (χ1) is 15.1. The largest absolute Gasteiger partial charge is 0.375 e. The molecule has 7 nitrogen and oxygen atoms in total. The topological polar surface area (TPSA) is 83.0 Å². The van der Waals surface area contributed by atoms with Gasteiger partial charge in [-0.25, -0.2) is 0 Å². The van der Waals surface area contributed by atoms with Crippen molar-refractivity contribution >= 4 is 29.4 Å². The second kappa shape index (κ2) is 9.83. The number of nitrogens with zero attached hydrogens (tertiary/aromatic N) is 2. The van der Waals surface area contributed by atoms with E-state index in [-0.39, 0.29) is 35.5 Å². The van der Waals surface area contributed by atoms with E-state index in [1.54, 1.807) is 7.05 Å². The lowest BCUT2D eigenvalue weighted by atomic mass is 9.85. The van der Waals surface area contributed by atoms with E-state index in [0.717, 1.165) is 12.0 Å². The van der Waals surface area contributed by atoms with Gasteiger partial charge in [-0.05, 0) is 42.4 Å². The Morgan fingerprint density at radius 2 is 1.87 bits per heavy atom. The molecule has 4 atom stereocenters. The van der Waals surface area contributed by atoms with Gasteiger partial charge in [-0.3, -0.25) is 19.5 Å². The van der Waals surface area contributed by atoms with E-state index < -0.39 is 0 Å². The van der Waals surface area contributed by atoms with Crippen LogP contribution in [0.15, 0.2) is 41.4 Å². The van der Waals surface area contributed by atoms with E-state index in [4.69, 9.17) is 16.3 Å². The standard InChI is InChI=1S/C23H29ClN4O3/c1-25-23(27-9-11-31-14-15-4-2-5-18(24)12-15)26-8-3-10-28-21(29)19-16-6-7-17(13-16)20(19)22(28)30/h2,4-7,12,16-17,19-20H,3,8-11,13-14H2,1H3,(H2,25,26,27). The number of hydrogen-bond donors (Lipinski definition) is 2. The molecule has 2 amide bonds. The van der Waals surface area contributed by atoms with Gasteiger partial charge in [0.25, 0.3) is 0 Å². The molecule has 0 aromatic heterocycles. The summed E-state index contributed by atoms with van der Waals surface area (Å²) < 4.78 is 5.65. The number of carbonyl (C=O) groups is 2. The minimum atomic E-state index is -0.114. The van der Waals surface area contributed by atoms with Crippen LogP contribution in [0, 0.1) is 23.7 Å². The highest BCUT2D eigenvalue weighted by molar-refractivity contribution is 6.30. The number of halogens is 1. The molecule has 31 heavy (non-hydrogen) atoms. The summed E-state index contributed by atoms with van der Waals surface area (Å²) in [6.45, 7) is 2.73. The first-order valence-electron chi connectivity index (χ1n) is 10.9. The summed E-state index contributed by atoms with van der Waals surface area (Å²) >= 11 is 5.97. The van der Waals surface area contributed by atoms with Crippen molar-refractivity contribution in [3.63, 3.8) is 0 Å². The van der Waals surface area contributed by atoms with Crippen LogP contribution < -0.4 is 10.6 Å². The number of carbonyl (C=O) groups excluding carboxylic acids is 2. The van der Waals surface area contributed by atoms with Gasteiger partial charge < -0.3 is 15.4 Å². The smallest absolute Gasteiger partial charge is 0.233 e. The van der Waals surface area contributed by atoms with E-state index in [1.165, 1.54) is 4.90 Å². The third kappa shape index (κ3) is 4.77. The van der Waals surface area contributed by atoms with Gasteiger partial charge in [0, 0.05) is 31.7 Å². The third-order valence-corrected chi connectivity index (χ3v) is 6.57. The van der Waals surface area contributed by atoms with E-state index in [0.29, 0.717) is 50.3 Å². The zero-order valence-electron chi connectivity index (χ0n) is 17.7. The minimum Gasteiger partial charge on any atom is -0.375 e. The number of amides is 2. The van der Waals surface area contributed by atoms with Crippen LogP contribution in [0.2, 0.25) is 5.02 Å². The molecule has 4 unspecified atom stereocenters. The molecule has 4 rings (SSSR count). The molecular formula is C23H29ClN4O3. The highest BCUT2D eigenvalue weighted by Crippen LogP contribution is 2.52. The van der Waals surface area contributed by atoms with Gasteiger partial charge in [0.05, 0.1) is 25.0 Å². The maximum atomic E-state index is 12.7. The summed E-state index contributed by atoms with van der Waals surface area (Å²) in [6.07, 6.45) is 5.89. The fourth-order valence-electron chi connectivity index (χ4n) is 4.91. The van der Waals surface area contributed by atoms with Crippen LogP contribution in [-0.2, 0) is 20.9 Å². The third-order valence-electron chi connectivity index (χ3n) is 6.33. The maximum absolute atomic E-state index is 12.7. The maximum Gasteiger partial charge on any atom is 0.233 e. The lowest BCUT2D eigenvalue weighted by Crippen LogP contribution is -2.41. The Bertz CT molecular complexity index is 857. The molecule has 3 aliphatic rings. The fraction of sp³-hybridized carbons (Fsp3) is 0.522. The Morgan fingerprint density at radius 1 is 1.16 bits per heavy atom. The predicted octanol–water partition coefficient (Wildman–Crippen LogP) is 2.22. The number of aliphatic imine (C=N–C) groups is 1. The first kappa shape index (κ1) is 21.8. The molecule has 1 heterocycles. The number of guanidine groups is 1. The Morgan fingerprint density at radius 3 is 2.55 bits per heavy atom. The number of rotatable bonds is 9.